The van der Waals surface area contributed by atoms with Crippen LogP contribution in [0.15, 0.2) is 0 Å². The van der Waals surface area contributed by atoms with E-state index in [0.717, 1.165) is 0 Å². The minimum Gasteiger partial charge on any atom is -0.766 e. The van der Waals surface area contributed by atoms with Crippen LogP contribution in [-0.4, -0.2) is 88.7 Å². The molecule has 28 heavy (non-hydrogen) atoms. The van der Waals surface area contributed by atoms with Gasteiger partial charge in [0.25, 0.3) is 0 Å². The molecule has 12 heteroatoms. The molecule has 2 saturated heterocycles. The van der Waals surface area contributed by atoms with Crippen molar-refractivity contribution in [1.82, 2.24) is 5.09 Å². The third-order valence-electron chi connectivity index (χ3n) is 4.39. The van der Waals surface area contributed by atoms with Crippen molar-refractivity contribution in [2.45, 2.75) is 88.9 Å². The van der Waals surface area contributed by atoms with E-state index in [2.05, 4.69) is 5.09 Å². The van der Waals surface area contributed by atoms with Crippen LogP contribution in [0.2, 0.25) is 0 Å². The molecular weight excluding hydrogens is 387 g/mol. The fraction of sp³-hybridized carbons (Fsp3) is 1.00. The number of aliphatic hydroxyl groups is 1. The molecule has 2 aliphatic rings. The predicted octanol–water partition coefficient (Wildman–Crippen LogP) is -0.814. The van der Waals surface area contributed by atoms with Gasteiger partial charge < -0.3 is 33.5 Å². The summed E-state index contributed by atoms with van der Waals surface area (Å²) < 4.78 is 39.6. The largest absolute Gasteiger partial charge is 0.766 e. The van der Waals surface area contributed by atoms with E-state index in [9.17, 15) is 14.6 Å². The standard InChI is InChI=1S/C16H30B2NO8P/c1-8(2)23-7-12-15(14(20)16(18)26-12)27-28(21,22)19-6-11-10(24-9(3)4)5-13(17)25-11/h8-16,20H,5-7H2,1-4H3,(H2,19,21,22)/p-1/t10?,11-,12-,13-,14+,15?,16-/m1/s1. The van der Waals surface area contributed by atoms with Crippen LogP contribution < -0.4 is 9.98 Å². The van der Waals surface area contributed by atoms with Gasteiger partial charge in [-0.1, -0.05) is 0 Å². The second-order valence-corrected chi connectivity index (χ2v) is 9.14. The number of ether oxygens (including phenoxy) is 4. The number of nitrogens with one attached hydrogen (secondary N) is 1. The summed E-state index contributed by atoms with van der Waals surface area (Å²) in [5, 5.41) is 12.5. The monoisotopic (exact) mass is 416 g/mol. The average Bonchev–Trinajstić information content (AvgIpc) is 3.04. The van der Waals surface area contributed by atoms with Crippen molar-refractivity contribution in [3.63, 3.8) is 0 Å². The summed E-state index contributed by atoms with van der Waals surface area (Å²) in [4.78, 5) is 12.4. The molecule has 0 spiro atoms. The molecule has 2 heterocycles. The first-order chi connectivity index (χ1) is 13.0. The maximum Gasteiger partial charge on any atom is 0.204 e. The third-order valence-corrected chi connectivity index (χ3v) is 5.48. The van der Waals surface area contributed by atoms with E-state index >= 15 is 0 Å². The van der Waals surface area contributed by atoms with Crippen molar-refractivity contribution in [2.24, 2.45) is 0 Å². The van der Waals surface area contributed by atoms with Crippen LogP contribution >= 0.6 is 7.75 Å². The molecule has 0 saturated carbocycles. The van der Waals surface area contributed by atoms with E-state index < -0.39 is 44.2 Å². The molecule has 2 aliphatic heterocycles. The van der Waals surface area contributed by atoms with E-state index in [0.29, 0.717) is 6.42 Å². The maximum atomic E-state index is 12.4. The molecule has 0 aliphatic carbocycles. The first-order valence-electron chi connectivity index (χ1n) is 9.50. The molecule has 0 aromatic rings. The van der Waals surface area contributed by atoms with E-state index in [1.165, 1.54) is 0 Å². The first-order valence-corrected chi connectivity index (χ1v) is 11.0. The summed E-state index contributed by atoms with van der Waals surface area (Å²) >= 11 is 0. The number of rotatable bonds is 10. The number of hydrogen-bond acceptors (Lipinski definition) is 8. The number of aliphatic hydroxyl groups excluding tert-OH is 1. The Balaban J connectivity index is 1.93. The Morgan fingerprint density at radius 1 is 1.21 bits per heavy atom. The second kappa shape index (κ2) is 10.4. The van der Waals surface area contributed by atoms with E-state index in [4.69, 9.17) is 39.2 Å². The summed E-state index contributed by atoms with van der Waals surface area (Å²) in [6, 6.07) is -1.59. The number of hydrogen-bond donors (Lipinski definition) is 2. The van der Waals surface area contributed by atoms with E-state index in [1.54, 1.807) is 0 Å². The maximum absolute atomic E-state index is 12.4. The Hall–Kier alpha value is 0.0399. The van der Waals surface area contributed by atoms with Crippen LogP contribution in [0.4, 0.5) is 0 Å². The van der Waals surface area contributed by atoms with Crippen molar-refractivity contribution >= 4 is 23.4 Å². The van der Waals surface area contributed by atoms with Gasteiger partial charge in [0, 0.05) is 18.6 Å². The van der Waals surface area contributed by atoms with Crippen molar-refractivity contribution in [1.29, 1.82) is 0 Å². The average molecular weight is 416 g/mol. The lowest BCUT2D eigenvalue weighted by Gasteiger charge is -2.32. The van der Waals surface area contributed by atoms with Gasteiger partial charge >= 0.3 is 0 Å². The molecular formula is C16H29B2NO8P-. The van der Waals surface area contributed by atoms with Crippen molar-refractivity contribution in [2.75, 3.05) is 13.2 Å². The lowest BCUT2D eigenvalue weighted by molar-refractivity contribution is -0.211. The van der Waals surface area contributed by atoms with Crippen LogP contribution in [0, 0.1) is 0 Å². The van der Waals surface area contributed by atoms with Gasteiger partial charge in [-0.15, -0.1) is 0 Å². The van der Waals surface area contributed by atoms with Gasteiger partial charge in [0.05, 0.1) is 31.0 Å². The fourth-order valence-electron chi connectivity index (χ4n) is 3.14. The highest BCUT2D eigenvalue weighted by Crippen LogP contribution is 2.39. The second-order valence-electron chi connectivity index (χ2n) is 7.61. The van der Waals surface area contributed by atoms with Crippen molar-refractivity contribution < 1.29 is 38.0 Å². The van der Waals surface area contributed by atoms with E-state index in [1.807, 2.05) is 27.7 Å². The lowest BCUT2D eigenvalue weighted by atomic mass is 9.93. The Bertz CT molecular complexity index is 543. The summed E-state index contributed by atoms with van der Waals surface area (Å²) in [5.41, 5.74) is 0. The minimum absolute atomic E-state index is 0.0397. The summed E-state index contributed by atoms with van der Waals surface area (Å²) in [6.45, 7) is 7.36. The molecule has 4 radical (unpaired) electrons. The molecule has 8 atom stereocenters. The molecule has 0 aromatic carbocycles. The quantitative estimate of drug-likeness (QED) is 0.348. The van der Waals surface area contributed by atoms with Crippen LogP contribution in [0.3, 0.4) is 0 Å². The van der Waals surface area contributed by atoms with Gasteiger partial charge in [0.15, 0.2) is 0 Å². The van der Waals surface area contributed by atoms with Crippen LogP contribution in [-0.2, 0) is 28.0 Å². The molecule has 158 valence electrons. The Morgan fingerprint density at radius 3 is 2.50 bits per heavy atom. The van der Waals surface area contributed by atoms with Crippen LogP contribution in [0.5, 0.6) is 0 Å². The molecule has 2 fully saturated rings. The molecule has 3 unspecified atom stereocenters. The van der Waals surface area contributed by atoms with Gasteiger partial charge in [-0.25, -0.2) is 0 Å². The highest BCUT2D eigenvalue weighted by Gasteiger charge is 2.44. The summed E-state index contributed by atoms with van der Waals surface area (Å²) in [5.74, 6) is 0. The zero-order chi connectivity index (χ0) is 21.1. The van der Waals surface area contributed by atoms with Crippen molar-refractivity contribution in [3.8, 4) is 0 Å². The predicted molar refractivity (Wildman–Crippen MR) is 101 cm³/mol. The van der Waals surface area contributed by atoms with Gasteiger partial charge in [0.2, 0.25) is 7.75 Å². The summed E-state index contributed by atoms with van der Waals surface area (Å²) in [6.07, 6.45) is -3.86. The van der Waals surface area contributed by atoms with Gasteiger partial charge in [-0.2, -0.15) is 0 Å². The normalized spacial score (nSPS) is 38.4. The molecule has 0 aromatic heterocycles. The fourth-order valence-corrected chi connectivity index (χ4v) is 4.20. The Morgan fingerprint density at radius 2 is 1.89 bits per heavy atom. The Kier molecular flexibility index (Phi) is 9.01. The molecule has 0 amide bonds. The Labute approximate surface area is 169 Å². The molecule has 9 nitrogen and oxygen atoms in total. The lowest BCUT2D eigenvalue weighted by Crippen LogP contribution is -2.42. The zero-order valence-corrected chi connectivity index (χ0v) is 17.6. The van der Waals surface area contributed by atoms with E-state index in [-0.39, 0.29) is 31.5 Å². The highest BCUT2D eigenvalue weighted by molar-refractivity contribution is 7.49. The minimum atomic E-state index is -4.55. The smallest absolute Gasteiger partial charge is 0.204 e. The highest BCUT2D eigenvalue weighted by atomic mass is 31.2. The van der Waals surface area contributed by atoms with Gasteiger partial charge in [0.1, 0.15) is 34.0 Å². The van der Waals surface area contributed by atoms with Gasteiger partial charge in [-0.3, -0.25) is 9.65 Å². The van der Waals surface area contributed by atoms with Crippen molar-refractivity contribution in [3.05, 3.63) is 0 Å². The SMILES string of the molecule is [B][C@@H]1O[C@H](COC(C)C)C(OP(=O)([O-])NC[C@H]2O[C@@H]([B])CC2OC(C)C)[C@@H]1O. The van der Waals surface area contributed by atoms with Crippen LogP contribution in [0.1, 0.15) is 34.1 Å². The molecule has 0 bridgehead atoms. The third kappa shape index (κ3) is 7.07. The summed E-state index contributed by atoms with van der Waals surface area (Å²) in [7, 11) is 6.90. The topological polar surface area (TPSA) is 119 Å². The van der Waals surface area contributed by atoms with Crippen LogP contribution in [0.25, 0.3) is 0 Å². The first kappa shape index (κ1) is 24.3. The molecule has 2 rings (SSSR count). The molecule has 2 N–H and O–H groups in total. The zero-order valence-electron chi connectivity index (χ0n) is 16.7. The van der Waals surface area contributed by atoms with Gasteiger partial charge in [-0.05, 0) is 34.1 Å².